The second kappa shape index (κ2) is 5.76. The molecule has 2 aromatic heterocycles. The van der Waals surface area contributed by atoms with Crippen molar-refractivity contribution in [2.75, 3.05) is 0 Å². The molecule has 2 aromatic rings. The number of nitrogens with zero attached hydrogens (tertiary/aromatic N) is 2. The first-order valence-electron chi connectivity index (χ1n) is 5.58. The summed E-state index contributed by atoms with van der Waals surface area (Å²) in [7, 11) is 0. The van der Waals surface area contributed by atoms with Crippen LogP contribution < -0.4 is 5.32 Å². The molecule has 1 unspecified atom stereocenters. The number of nitrogens with one attached hydrogen (secondary N) is 2. The van der Waals surface area contributed by atoms with E-state index in [0.717, 1.165) is 0 Å². The first-order chi connectivity index (χ1) is 9.16. The zero-order valence-corrected chi connectivity index (χ0v) is 9.91. The molecule has 0 aliphatic carbocycles. The van der Waals surface area contributed by atoms with Gasteiger partial charge < -0.3 is 15.4 Å². The van der Waals surface area contributed by atoms with E-state index in [9.17, 15) is 9.59 Å². The Balaban J connectivity index is 2.05. The molecule has 3 N–H and O–H groups in total. The lowest BCUT2D eigenvalue weighted by atomic mass is 10.1. The van der Waals surface area contributed by atoms with E-state index in [2.05, 4.69) is 20.3 Å². The van der Waals surface area contributed by atoms with E-state index in [4.69, 9.17) is 5.11 Å². The molecule has 0 bridgehead atoms. The monoisotopic (exact) mass is 260 g/mol. The van der Waals surface area contributed by atoms with Gasteiger partial charge in [-0.1, -0.05) is 0 Å². The molecule has 2 heterocycles. The summed E-state index contributed by atoms with van der Waals surface area (Å²) in [4.78, 5) is 33.4. The smallest absolute Gasteiger partial charge is 0.326 e. The van der Waals surface area contributed by atoms with Crippen molar-refractivity contribution in [3.63, 3.8) is 0 Å². The lowest BCUT2D eigenvalue weighted by Gasteiger charge is -2.13. The molecule has 0 saturated heterocycles. The van der Waals surface area contributed by atoms with E-state index in [1.165, 1.54) is 37.1 Å². The molecule has 1 amide bonds. The molecule has 7 heteroatoms. The number of carboxylic acid groups (broad SMARTS) is 1. The zero-order chi connectivity index (χ0) is 13.7. The highest BCUT2D eigenvalue weighted by molar-refractivity contribution is 5.96. The van der Waals surface area contributed by atoms with E-state index in [0.29, 0.717) is 11.3 Å². The molecular weight excluding hydrogens is 248 g/mol. The van der Waals surface area contributed by atoms with Crippen LogP contribution in [0.4, 0.5) is 0 Å². The predicted octanol–water partition coefficient (Wildman–Crippen LogP) is 0.230. The highest BCUT2D eigenvalue weighted by Gasteiger charge is 2.21. The van der Waals surface area contributed by atoms with Crippen LogP contribution in [0.5, 0.6) is 0 Å². The summed E-state index contributed by atoms with van der Waals surface area (Å²) >= 11 is 0. The first-order valence-corrected chi connectivity index (χ1v) is 5.58. The Hall–Kier alpha value is -2.70. The van der Waals surface area contributed by atoms with Crippen molar-refractivity contribution in [2.24, 2.45) is 0 Å². The van der Waals surface area contributed by atoms with Crippen LogP contribution in [-0.4, -0.2) is 38.0 Å². The Bertz CT molecular complexity index is 554. The summed E-state index contributed by atoms with van der Waals surface area (Å²) < 4.78 is 0. The molecule has 7 nitrogen and oxygen atoms in total. The number of carboxylic acids is 1. The molecule has 0 aromatic carbocycles. The number of amides is 1. The van der Waals surface area contributed by atoms with Gasteiger partial charge >= 0.3 is 5.97 Å². The maximum Gasteiger partial charge on any atom is 0.326 e. The van der Waals surface area contributed by atoms with Crippen LogP contribution in [0.2, 0.25) is 0 Å². The fourth-order valence-electron chi connectivity index (χ4n) is 1.56. The number of aromatic nitrogens is 3. The third-order valence-electron chi connectivity index (χ3n) is 2.52. The molecule has 0 spiro atoms. The van der Waals surface area contributed by atoms with E-state index in [1.54, 1.807) is 0 Å². The Morgan fingerprint density at radius 2 is 2.05 bits per heavy atom. The average Bonchev–Trinajstić information content (AvgIpc) is 2.91. The first kappa shape index (κ1) is 12.7. The third kappa shape index (κ3) is 3.38. The van der Waals surface area contributed by atoms with Crippen molar-refractivity contribution in [3.05, 3.63) is 48.3 Å². The van der Waals surface area contributed by atoms with Gasteiger partial charge in [0.25, 0.3) is 5.91 Å². The molecule has 0 fully saturated rings. The van der Waals surface area contributed by atoms with E-state index < -0.39 is 17.9 Å². The molecule has 98 valence electrons. The van der Waals surface area contributed by atoms with Crippen LogP contribution in [0.15, 0.2) is 37.1 Å². The summed E-state index contributed by atoms with van der Waals surface area (Å²) in [5, 5.41) is 11.6. The van der Waals surface area contributed by atoms with Crippen LogP contribution in [-0.2, 0) is 11.2 Å². The van der Waals surface area contributed by atoms with Gasteiger partial charge in [0, 0.05) is 36.3 Å². The van der Waals surface area contributed by atoms with Gasteiger partial charge in [0.05, 0.1) is 6.33 Å². The van der Waals surface area contributed by atoms with Crippen molar-refractivity contribution in [1.29, 1.82) is 0 Å². The number of hydrogen-bond donors (Lipinski definition) is 3. The topological polar surface area (TPSA) is 108 Å². The lowest BCUT2D eigenvalue weighted by molar-refractivity contribution is -0.139. The van der Waals surface area contributed by atoms with Gasteiger partial charge in [0.15, 0.2) is 0 Å². The van der Waals surface area contributed by atoms with Crippen molar-refractivity contribution >= 4 is 11.9 Å². The van der Waals surface area contributed by atoms with Crippen molar-refractivity contribution in [1.82, 2.24) is 20.3 Å². The summed E-state index contributed by atoms with van der Waals surface area (Å²) in [6.07, 6.45) is 6.07. The van der Waals surface area contributed by atoms with Crippen LogP contribution in [0.3, 0.4) is 0 Å². The Morgan fingerprint density at radius 3 is 2.63 bits per heavy atom. The predicted molar refractivity (Wildman–Crippen MR) is 65.4 cm³/mol. The molecule has 2 rings (SSSR count). The standard InChI is InChI=1S/C12H12N4O3/c17-11(8-1-3-13-4-2-8)16-10(12(18)19)5-9-6-14-7-15-9/h1-4,6-7,10H,5H2,(H,14,15)(H,16,17)(H,18,19). The van der Waals surface area contributed by atoms with Gasteiger partial charge in [-0.25, -0.2) is 9.78 Å². The lowest BCUT2D eigenvalue weighted by Crippen LogP contribution is -2.42. The number of rotatable bonds is 5. The molecule has 0 saturated carbocycles. The second-order valence-corrected chi connectivity index (χ2v) is 3.88. The van der Waals surface area contributed by atoms with Crippen LogP contribution in [0.1, 0.15) is 16.1 Å². The summed E-state index contributed by atoms with van der Waals surface area (Å²) in [6.45, 7) is 0. The number of pyridine rings is 1. The molecule has 1 atom stereocenters. The fourth-order valence-corrected chi connectivity index (χ4v) is 1.56. The Kier molecular flexibility index (Phi) is 3.87. The third-order valence-corrected chi connectivity index (χ3v) is 2.52. The number of aliphatic carboxylic acids is 1. The second-order valence-electron chi connectivity index (χ2n) is 3.88. The maximum absolute atomic E-state index is 11.9. The highest BCUT2D eigenvalue weighted by atomic mass is 16.4. The number of carbonyl (C=O) groups is 2. The fraction of sp³-hybridized carbons (Fsp3) is 0.167. The molecule has 0 radical (unpaired) electrons. The SMILES string of the molecule is O=C(NC(Cc1cnc[nH]1)C(=O)O)c1ccncc1. The van der Waals surface area contributed by atoms with Gasteiger partial charge in [-0.15, -0.1) is 0 Å². The largest absolute Gasteiger partial charge is 0.480 e. The van der Waals surface area contributed by atoms with E-state index in [1.807, 2.05) is 0 Å². The minimum absolute atomic E-state index is 0.145. The molecular formula is C12H12N4O3. The minimum Gasteiger partial charge on any atom is -0.480 e. The van der Waals surface area contributed by atoms with E-state index in [-0.39, 0.29) is 6.42 Å². The van der Waals surface area contributed by atoms with Gasteiger partial charge in [0.1, 0.15) is 6.04 Å². The quantitative estimate of drug-likeness (QED) is 0.713. The molecule has 0 aliphatic rings. The van der Waals surface area contributed by atoms with Crippen molar-refractivity contribution in [3.8, 4) is 0 Å². The number of carbonyl (C=O) groups excluding carboxylic acids is 1. The zero-order valence-electron chi connectivity index (χ0n) is 9.91. The number of hydrogen-bond acceptors (Lipinski definition) is 4. The van der Waals surface area contributed by atoms with Gasteiger partial charge in [-0.2, -0.15) is 0 Å². The van der Waals surface area contributed by atoms with Crippen LogP contribution in [0, 0.1) is 0 Å². The summed E-state index contributed by atoms with van der Waals surface area (Å²) in [5.74, 6) is -1.55. The number of imidazole rings is 1. The van der Waals surface area contributed by atoms with E-state index >= 15 is 0 Å². The average molecular weight is 260 g/mol. The van der Waals surface area contributed by atoms with Crippen LogP contribution >= 0.6 is 0 Å². The Labute approximate surface area is 108 Å². The van der Waals surface area contributed by atoms with Crippen molar-refractivity contribution in [2.45, 2.75) is 12.5 Å². The van der Waals surface area contributed by atoms with Gasteiger partial charge in [0.2, 0.25) is 0 Å². The Morgan fingerprint density at radius 1 is 1.32 bits per heavy atom. The van der Waals surface area contributed by atoms with Gasteiger partial charge in [-0.05, 0) is 12.1 Å². The van der Waals surface area contributed by atoms with Gasteiger partial charge in [-0.3, -0.25) is 9.78 Å². The molecule has 19 heavy (non-hydrogen) atoms. The maximum atomic E-state index is 11.9. The van der Waals surface area contributed by atoms with Crippen molar-refractivity contribution < 1.29 is 14.7 Å². The molecule has 0 aliphatic heterocycles. The van der Waals surface area contributed by atoms with Crippen LogP contribution in [0.25, 0.3) is 0 Å². The summed E-state index contributed by atoms with van der Waals surface area (Å²) in [5.41, 5.74) is 1.01. The minimum atomic E-state index is -1.10. The summed E-state index contributed by atoms with van der Waals surface area (Å²) in [6, 6.07) is 2.02. The normalized spacial score (nSPS) is 11.8. The number of H-pyrrole nitrogens is 1. The number of aromatic amines is 1. The highest BCUT2D eigenvalue weighted by Crippen LogP contribution is 2.02.